The van der Waals surface area contributed by atoms with Crippen LogP contribution in [0.2, 0.25) is 0 Å². The molecule has 156 valence electrons. The number of esters is 1. The summed E-state index contributed by atoms with van der Waals surface area (Å²) in [5, 5.41) is 5.84. The highest BCUT2D eigenvalue weighted by atomic mass is 16.5. The van der Waals surface area contributed by atoms with Gasteiger partial charge in [0.15, 0.2) is 0 Å². The second kappa shape index (κ2) is 12.4. The first-order chi connectivity index (χ1) is 14.1. The summed E-state index contributed by atoms with van der Waals surface area (Å²) >= 11 is 0. The van der Waals surface area contributed by atoms with Crippen LogP contribution in [0.4, 0.5) is 11.4 Å². The number of carbonyl (C=O) groups excluding carboxylic acids is 2. The van der Waals surface area contributed by atoms with E-state index in [2.05, 4.69) is 10.6 Å². The van der Waals surface area contributed by atoms with E-state index in [9.17, 15) is 9.59 Å². The van der Waals surface area contributed by atoms with E-state index in [1.54, 1.807) is 24.3 Å². The van der Waals surface area contributed by atoms with E-state index in [0.29, 0.717) is 37.7 Å². The van der Waals surface area contributed by atoms with Crippen molar-refractivity contribution in [3.8, 4) is 5.75 Å². The monoisotopic (exact) mass is 400 g/mol. The van der Waals surface area contributed by atoms with Crippen molar-refractivity contribution >= 4 is 23.3 Å². The number of amides is 1. The smallest absolute Gasteiger partial charge is 0.338 e. The summed E-state index contributed by atoms with van der Waals surface area (Å²) in [7, 11) is 0. The van der Waals surface area contributed by atoms with Gasteiger partial charge in [0.1, 0.15) is 12.4 Å². The van der Waals surface area contributed by atoms with E-state index in [-0.39, 0.29) is 18.4 Å². The molecule has 2 N–H and O–H groups in total. The van der Waals surface area contributed by atoms with Crippen LogP contribution >= 0.6 is 0 Å². The predicted molar refractivity (Wildman–Crippen MR) is 113 cm³/mol. The molecular formula is C22H28N2O5. The Bertz CT molecular complexity index is 760. The minimum Gasteiger partial charge on any atom is -0.491 e. The SMILES string of the molecule is CCCOC(=O)c1ccc(NC(=O)CNc2ccc(OCCOCC)cc2)cc1. The zero-order valence-corrected chi connectivity index (χ0v) is 16.9. The van der Waals surface area contributed by atoms with Gasteiger partial charge in [-0.2, -0.15) is 0 Å². The molecule has 1 amide bonds. The summed E-state index contributed by atoms with van der Waals surface area (Å²) in [6.07, 6.45) is 0.774. The molecule has 0 aliphatic heterocycles. The molecule has 0 atom stereocenters. The highest BCUT2D eigenvalue weighted by molar-refractivity contribution is 5.95. The van der Waals surface area contributed by atoms with Gasteiger partial charge < -0.3 is 24.8 Å². The van der Waals surface area contributed by atoms with Crippen molar-refractivity contribution in [2.45, 2.75) is 20.3 Å². The molecule has 0 aliphatic rings. The zero-order valence-electron chi connectivity index (χ0n) is 16.9. The van der Waals surface area contributed by atoms with Gasteiger partial charge in [-0.1, -0.05) is 6.92 Å². The van der Waals surface area contributed by atoms with Gasteiger partial charge in [0, 0.05) is 18.0 Å². The lowest BCUT2D eigenvalue weighted by Gasteiger charge is -2.10. The quantitative estimate of drug-likeness (QED) is 0.417. The van der Waals surface area contributed by atoms with Crippen LogP contribution in [0.5, 0.6) is 5.75 Å². The van der Waals surface area contributed by atoms with E-state index in [4.69, 9.17) is 14.2 Å². The number of nitrogens with one attached hydrogen (secondary N) is 2. The molecule has 0 radical (unpaired) electrons. The maximum Gasteiger partial charge on any atom is 0.338 e. The standard InChI is InChI=1S/C22H28N2O5/c1-3-13-29-22(26)17-5-7-19(8-6-17)24-21(25)16-23-18-9-11-20(12-10-18)28-15-14-27-4-2/h5-12,23H,3-4,13-16H2,1-2H3,(H,24,25). The number of hydrogen-bond acceptors (Lipinski definition) is 6. The van der Waals surface area contributed by atoms with Crippen LogP contribution < -0.4 is 15.4 Å². The van der Waals surface area contributed by atoms with Crippen molar-refractivity contribution in [1.82, 2.24) is 0 Å². The molecule has 2 aromatic carbocycles. The number of carbonyl (C=O) groups is 2. The number of benzene rings is 2. The average Bonchev–Trinajstić information content (AvgIpc) is 2.75. The van der Waals surface area contributed by atoms with Crippen LogP contribution in [0.3, 0.4) is 0 Å². The molecule has 0 saturated carbocycles. The minimum atomic E-state index is -0.364. The van der Waals surface area contributed by atoms with Crippen LogP contribution in [0.15, 0.2) is 48.5 Å². The summed E-state index contributed by atoms with van der Waals surface area (Å²) in [4.78, 5) is 23.9. The number of anilines is 2. The summed E-state index contributed by atoms with van der Waals surface area (Å²) < 4.78 is 15.8. The van der Waals surface area contributed by atoms with E-state index < -0.39 is 0 Å². The zero-order chi connectivity index (χ0) is 20.9. The molecule has 0 unspecified atom stereocenters. The highest BCUT2D eigenvalue weighted by Crippen LogP contribution is 2.16. The summed E-state index contributed by atoms with van der Waals surface area (Å²) in [6.45, 7) is 6.11. The first-order valence-corrected chi connectivity index (χ1v) is 9.74. The van der Waals surface area contributed by atoms with Crippen LogP contribution in [0.1, 0.15) is 30.6 Å². The normalized spacial score (nSPS) is 10.3. The van der Waals surface area contributed by atoms with Crippen molar-refractivity contribution < 1.29 is 23.8 Å². The average molecular weight is 400 g/mol. The molecule has 0 spiro atoms. The third-order valence-electron chi connectivity index (χ3n) is 3.85. The van der Waals surface area contributed by atoms with Crippen molar-refractivity contribution in [3.63, 3.8) is 0 Å². The van der Waals surface area contributed by atoms with Gasteiger partial charge in [-0.05, 0) is 61.9 Å². The number of rotatable bonds is 12. The van der Waals surface area contributed by atoms with Crippen LogP contribution in [-0.2, 0) is 14.3 Å². The fourth-order valence-electron chi connectivity index (χ4n) is 2.39. The molecule has 29 heavy (non-hydrogen) atoms. The van der Waals surface area contributed by atoms with E-state index >= 15 is 0 Å². The maximum atomic E-state index is 12.1. The Hall–Kier alpha value is -3.06. The lowest BCUT2D eigenvalue weighted by Crippen LogP contribution is -2.21. The molecule has 0 bridgehead atoms. The van der Waals surface area contributed by atoms with Crippen molar-refractivity contribution in [1.29, 1.82) is 0 Å². The summed E-state index contributed by atoms with van der Waals surface area (Å²) in [5.41, 5.74) is 1.88. The van der Waals surface area contributed by atoms with Crippen LogP contribution in [0, 0.1) is 0 Å². The highest BCUT2D eigenvalue weighted by Gasteiger charge is 2.07. The fourth-order valence-corrected chi connectivity index (χ4v) is 2.39. The Morgan fingerprint density at radius 3 is 2.21 bits per heavy atom. The molecule has 0 fully saturated rings. The third kappa shape index (κ3) is 8.23. The molecule has 0 heterocycles. The Morgan fingerprint density at radius 2 is 1.55 bits per heavy atom. The first kappa shape index (κ1) is 22.2. The predicted octanol–water partition coefficient (Wildman–Crippen LogP) is 3.72. The van der Waals surface area contributed by atoms with Crippen molar-refractivity contribution in [2.75, 3.05) is 43.6 Å². The van der Waals surface area contributed by atoms with E-state index in [0.717, 1.165) is 17.9 Å². The van der Waals surface area contributed by atoms with Gasteiger partial charge in [0.2, 0.25) is 5.91 Å². The van der Waals surface area contributed by atoms with Crippen molar-refractivity contribution in [3.05, 3.63) is 54.1 Å². The largest absolute Gasteiger partial charge is 0.491 e. The topological polar surface area (TPSA) is 85.9 Å². The lowest BCUT2D eigenvalue weighted by molar-refractivity contribution is -0.114. The first-order valence-electron chi connectivity index (χ1n) is 9.74. The van der Waals surface area contributed by atoms with Crippen LogP contribution in [0.25, 0.3) is 0 Å². The second-order valence-electron chi connectivity index (χ2n) is 6.18. The molecular weight excluding hydrogens is 372 g/mol. The number of ether oxygens (including phenoxy) is 3. The molecule has 0 saturated heterocycles. The Balaban J connectivity index is 1.74. The number of hydrogen-bond donors (Lipinski definition) is 2. The second-order valence-corrected chi connectivity index (χ2v) is 6.18. The molecule has 0 aliphatic carbocycles. The maximum absolute atomic E-state index is 12.1. The van der Waals surface area contributed by atoms with Crippen LogP contribution in [-0.4, -0.2) is 44.8 Å². The summed E-state index contributed by atoms with van der Waals surface area (Å²) in [5.74, 6) is 0.192. The van der Waals surface area contributed by atoms with Gasteiger partial charge in [-0.25, -0.2) is 4.79 Å². The van der Waals surface area contributed by atoms with Gasteiger partial charge in [-0.15, -0.1) is 0 Å². The molecule has 2 aromatic rings. The lowest BCUT2D eigenvalue weighted by atomic mass is 10.2. The Morgan fingerprint density at radius 1 is 0.862 bits per heavy atom. The Labute approximate surface area is 171 Å². The van der Waals surface area contributed by atoms with Gasteiger partial charge in [0.25, 0.3) is 0 Å². The third-order valence-corrected chi connectivity index (χ3v) is 3.85. The molecule has 7 heteroatoms. The summed E-state index contributed by atoms with van der Waals surface area (Å²) in [6, 6.07) is 14.0. The Kier molecular flexibility index (Phi) is 9.51. The van der Waals surface area contributed by atoms with E-state index in [1.165, 1.54) is 0 Å². The minimum absolute atomic E-state index is 0.116. The van der Waals surface area contributed by atoms with Crippen molar-refractivity contribution in [2.24, 2.45) is 0 Å². The van der Waals surface area contributed by atoms with Gasteiger partial charge >= 0.3 is 5.97 Å². The van der Waals surface area contributed by atoms with Gasteiger partial charge in [-0.3, -0.25) is 4.79 Å². The molecule has 2 rings (SSSR count). The van der Waals surface area contributed by atoms with Gasteiger partial charge in [0.05, 0.1) is 25.3 Å². The molecule has 0 aromatic heterocycles. The fraction of sp³-hybridized carbons (Fsp3) is 0.364. The molecule has 7 nitrogen and oxygen atoms in total. The van der Waals surface area contributed by atoms with E-state index in [1.807, 2.05) is 38.1 Å².